The minimum absolute atomic E-state index is 0.113. The highest BCUT2D eigenvalue weighted by atomic mass is 32.2. The van der Waals surface area contributed by atoms with Crippen molar-refractivity contribution in [3.8, 4) is 0 Å². The van der Waals surface area contributed by atoms with E-state index in [1.807, 2.05) is 0 Å². The maximum Gasteiger partial charge on any atom is 0.366 e. The fraction of sp³-hybridized carbons (Fsp3) is 0. The summed E-state index contributed by atoms with van der Waals surface area (Å²) in [4.78, 5) is 0. The first kappa shape index (κ1) is 10.5. The van der Waals surface area contributed by atoms with Gasteiger partial charge in [0.05, 0.1) is 5.69 Å². The minimum Gasteiger partial charge on any atom is -0.369 e. The molecule has 0 fully saturated rings. The van der Waals surface area contributed by atoms with Crippen LogP contribution < -0.4 is 10.0 Å². The highest BCUT2D eigenvalue weighted by molar-refractivity contribution is 7.88. The lowest BCUT2D eigenvalue weighted by atomic mass is 10.3. The molecule has 1 aromatic carbocycles. The predicted molar refractivity (Wildman–Crippen MR) is 52.4 cm³/mol. The Morgan fingerprint density at radius 1 is 1.36 bits per heavy atom. The number of nitrogens with two attached hydrogens (primary N) is 1. The van der Waals surface area contributed by atoms with Crippen molar-refractivity contribution < 1.29 is 13.0 Å². The van der Waals surface area contributed by atoms with Gasteiger partial charge in [-0.2, -0.15) is 12.7 Å². The summed E-state index contributed by atoms with van der Waals surface area (Å²) in [7, 11) is -4.53. The van der Waals surface area contributed by atoms with Gasteiger partial charge in [-0.3, -0.25) is 9.96 Å². The first-order chi connectivity index (χ1) is 6.43. The van der Waals surface area contributed by atoms with Gasteiger partial charge < -0.3 is 5.73 Å². The number of hydrogen-bond acceptors (Lipinski definition) is 3. The topological polar surface area (TPSA) is 107 Å². The Bertz CT molecular complexity index is 429. The van der Waals surface area contributed by atoms with Crippen LogP contribution in [0.5, 0.6) is 0 Å². The molecule has 0 amide bonds. The molecule has 7 heteroatoms. The monoisotopic (exact) mass is 215 g/mol. The van der Waals surface area contributed by atoms with E-state index in [-0.39, 0.29) is 5.69 Å². The summed E-state index contributed by atoms with van der Waals surface area (Å²) in [6, 6.07) is 7.63. The fourth-order valence-corrected chi connectivity index (χ4v) is 1.60. The van der Waals surface area contributed by atoms with E-state index in [1.54, 1.807) is 18.2 Å². The van der Waals surface area contributed by atoms with Crippen LogP contribution in [0.4, 0.5) is 5.69 Å². The first-order valence-corrected chi connectivity index (χ1v) is 4.99. The van der Waals surface area contributed by atoms with E-state index in [2.05, 4.69) is 0 Å². The number of guanidine groups is 1. The smallest absolute Gasteiger partial charge is 0.366 e. The number of benzene rings is 1. The van der Waals surface area contributed by atoms with Gasteiger partial charge in [0.2, 0.25) is 5.96 Å². The summed E-state index contributed by atoms with van der Waals surface area (Å²) >= 11 is 0. The highest BCUT2D eigenvalue weighted by Gasteiger charge is 2.21. The first-order valence-electron chi connectivity index (χ1n) is 3.60. The molecule has 0 aliphatic rings. The van der Waals surface area contributed by atoms with Crippen LogP contribution in [0.1, 0.15) is 0 Å². The average molecular weight is 215 g/mol. The lowest BCUT2D eigenvalue weighted by molar-refractivity contribution is 0.484. The SMILES string of the molecule is N=C(N)N(c1ccccc1)S(=O)(=O)O. The van der Waals surface area contributed by atoms with Gasteiger partial charge >= 0.3 is 10.3 Å². The molecular weight excluding hydrogens is 206 g/mol. The molecule has 0 spiro atoms. The second-order valence-electron chi connectivity index (χ2n) is 2.46. The van der Waals surface area contributed by atoms with E-state index in [9.17, 15) is 8.42 Å². The van der Waals surface area contributed by atoms with E-state index < -0.39 is 16.3 Å². The maximum atomic E-state index is 10.8. The number of rotatable bonds is 2. The summed E-state index contributed by atoms with van der Waals surface area (Å²) in [6.45, 7) is 0. The van der Waals surface area contributed by atoms with Crippen LogP contribution in [-0.2, 0) is 10.3 Å². The van der Waals surface area contributed by atoms with E-state index in [1.165, 1.54) is 12.1 Å². The van der Waals surface area contributed by atoms with Gasteiger partial charge in [-0.15, -0.1) is 0 Å². The number of anilines is 1. The number of nitrogens with one attached hydrogen (secondary N) is 1. The van der Waals surface area contributed by atoms with Crippen molar-refractivity contribution in [2.24, 2.45) is 5.73 Å². The Labute approximate surface area is 81.3 Å². The second kappa shape index (κ2) is 3.64. The lowest BCUT2D eigenvalue weighted by Crippen LogP contribution is -2.40. The third-order valence-electron chi connectivity index (χ3n) is 1.44. The quantitative estimate of drug-likeness (QED) is 0.371. The summed E-state index contributed by atoms with van der Waals surface area (Å²) in [5, 5.41) is 7.01. The normalized spacial score (nSPS) is 10.9. The maximum absolute atomic E-state index is 10.8. The van der Waals surface area contributed by atoms with E-state index in [0.717, 1.165) is 0 Å². The molecule has 0 aliphatic carbocycles. The zero-order chi connectivity index (χ0) is 10.8. The van der Waals surface area contributed by atoms with E-state index >= 15 is 0 Å². The van der Waals surface area contributed by atoms with Crippen molar-refractivity contribution in [3.63, 3.8) is 0 Å². The van der Waals surface area contributed by atoms with Crippen molar-refractivity contribution in [3.05, 3.63) is 30.3 Å². The number of hydrogen-bond donors (Lipinski definition) is 3. The Morgan fingerprint density at radius 3 is 2.21 bits per heavy atom. The fourth-order valence-electron chi connectivity index (χ4n) is 0.960. The summed E-state index contributed by atoms with van der Waals surface area (Å²) in [6.07, 6.45) is 0. The molecule has 0 bridgehead atoms. The summed E-state index contributed by atoms with van der Waals surface area (Å²) < 4.78 is 30.8. The van der Waals surface area contributed by atoms with Crippen molar-refractivity contribution in [1.29, 1.82) is 5.41 Å². The van der Waals surface area contributed by atoms with Crippen LogP contribution in [0, 0.1) is 5.41 Å². The largest absolute Gasteiger partial charge is 0.369 e. The Balaban J connectivity index is 3.22. The second-order valence-corrected chi connectivity index (χ2v) is 3.72. The minimum atomic E-state index is -4.53. The van der Waals surface area contributed by atoms with E-state index in [4.69, 9.17) is 15.7 Å². The van der Waals surface area contributed by atoms with Crippen LogP contribution in [0.3, 0.4) is 0 Å². The number of nitrogens with zero attached hydrogens (tertiary/aromatic N) is 1. The van der Waals surface area contributed by atoms with Gasteiger partial charge in [0.25, 0.3) is 0 Å². The Morgan fingerprint density at radius 2 is 1.86 bits per heavy atom. The molecule has 76 valence electrons. The molecule has 0 atom stereocenters. The molecule has 1 aromatic rings. The molecule has 0 unspecified atom stereocenters. The molecule has 0 saturated carbocycles. The zero-order valence-electron chi connectivity index (χ0n) is 7.08. The van der Waals surface area contributed by atoms with Gasteiger partial charge in [0.15, 0.2) is 0 Å². The van der Waals surface area contributed by atoms with Gasteiger partial charge in [-0.25, -0.2) is 0 Å². The highest BCUT2D eigenvalue weighted by Crippen LogP contribution is 2.15. The molecular formula is C7H9N3O3S. The summed E-state index contributed by atoms with van der Waals surface area (Å²) in [5.41, 5.74) is 5.14. The Kier molecular flexibility index (Phi) is 2.73. The average Bonchev–Trinajstić information content (AvgIpc) is 2.02. The molecule has 1 rings (SSSR count). The van der Waals surface area contributed by atoms with E-state index in [0.29, 0.717) is 4.31 Å². The molecule has 0 saturated heterocycles. The van der Waals surface area contributed by atoms with Crippen LogP contribution in [-0.4, -0.2) is 18.9 Å². The van der Waals surface area contributed by atoms with Crippen molar-refractivity contribution in [2.45, 2.75) is 0 Å². The van der Waals surface area contributed by atoms with Crippen LogP contribution in [0.15, 0.2) is 30.3 Å². The molecule has 0 radical (unpaired) electrons. The van der Waals surface area contributed by atoms with Gasteiger partial charge in [-0.05, 0) is 12.1 Å². The Hall–Kier alpha value is -1.60. The van der Waals surface area contributed by atoms with Crippen molar-refractivity contribution >= 4 is 22.0 Å². The molecule has 6 nitrogen and oxygen atoms in total. The lowest BCUT2D eigenvalue weighted by Gasteiger charge is -2.17. The van der Waals surface area contributed by atoms with Gasteiger partial charge in [0, 0.05) is 0 Å². The third-order valence-corrected chi connectivity index (χ3v) is 2.31. The molecule has 0 heterocycles. The zero-order valence-corrected chi connectivity index (χ0v) is 7.90. The van der Waals surface area contributed by atoms with Crippen molar-refractivity contribution in [1.82, 2.24) is 0 Å². The van der Waals surface area contributed by atoms with Crippen LogP contribution in [0.25, 0.3) is 0 Å². The van der Waals surface area contributed by atoms with Gasteiger partial charge in [0.1, 0.15) is 0 Å². The van der Waals surface area contributed by atoms with Crippen LogP contribution >= 0.6 is 0 Å². The predicted octanol–water partition coefficient (Wildman–Crippen LogP) is 0.189. The summed E-state index contributed by atoms with van der Waals surface area (Å²) in [5.74, 6) is -0.765. The molecule has 0 aromatic heterocycles. The molecule has 14 heavy (non-hydrogen) atoms. The van der Waals surface area contributed by atoms with Crippen molar-refractivity contribution in [2.75, 3.05) is 4.31 Å². The number of para-hydroxylation sites is 1. The van der Waals surface area contributed by atoms with Gasteiger partial charge in [-0.1, -0.05) is 18.2 Å². The third kappa shape index (κ3) is 2.21. The molecule has 0 aliphatic heterocycles. The standard InChI is InChI=1S/C7H9N3O3S/c8-7(9)10(14(11,12)13)6-4-2-1-3-5-6/h1-5H,(H3,8,9)(H,11,12,13). The van der Waals surface area contributed by atoms with Crippen LogP contribution in [0.2, 0.25) is 0 Å². The molecule has 4 N–H and O–H groups in total.